The van der Waals surface area contributed by atoms with Gasteiger partial charge in [-0.3, -0.25) is 4.99 Å². The van der Waals surface area contributed by atoms with Gasteiger partial charge in [-0.25, -0.2) is 0 Å². The first-order valence-corrected chi connectivity index (χ1v) is 4.00. The van der Waals surface area contributed by atoms with Gasteiger partial charge in [0, 0.05) is 6.21 Å². The van der Waals surface area contributed by atoms with Gasteiger partial charge in [-0.2, -0.15) is 0 Å². The molecule has 1 rings (SSSR count). The first kappa shape index (κ1) is 9.41. The van der Waals surface area contributed by atoms with Crippen molar-refractivity contribution in [3.8, 4) is 0 Å². The Morgan fingerprint density at radius 2 is 2.00 bits per heavy atom. The summed E-state index contributed by atoms with van der Waals surface area (Å²) in [6.07, 6.45) is 4.13. The zero-order chi connectivity index (χ0) is 7.98. The van der Waals surface area contributed by atoms with E-state index in [1.165, 1.54) is 5.57 Å². The molecule has 0 saturated heterocycles. The van der Waals surface area contributed by atoms with Crippen LogP contribution < -0.4 is 0 Å². The van der Waals surface area contributed by atoms with Crippen LogP contribution in [-0.2, 0) is 0 Å². The van der Waals surface area contributed by atoms with Crippen molar-refractivity contribution in [3.05, 3.63) is 11.6 Å². The minimum atomic E-state index is 0.654. The summed E-state index contributed by atoms with van der Waals surface area (Å²) in [6, 6.07) is 0. The van der Waals surface area contributed by atoms with Crippen molar-refractivity contribution in [2.75, 3.05) is 6.54 Å². The fourth-order valence-electron chi connectivity index (χ4n) is 0.754. The van der Waals surface area contributed by atoms with E-state index in [9.17, 15) is 0 Å². The molecular formula is C9H17N. The summed E-state index contributed by atoms with van der Waals surface area (Å²) in [4.78, 5) is 4.07. The second-order valence-electron chi connectivity index (χ2n) is 2.35. The largest absolute Gasteiger partial charge is 0.289 e. The molecular weight excluding hydrogens is 122 g/mol. The number of allylic oxidation sites excluding steroid dienone is 1. The van der Waals surface area contributed by atoms with Crippen LogP contribution in [0, 0.1) is 5.92 Å². The van der Waals surface area contributed by atoms with Gasteiger partial charge in [0.15, 0.2) is 0 Å². The Bertz CT molecular complexity index is 132. The van der Waals surface area contributed by atoms with Crippen LogP contribution in [-0.4, -0.2) is 12.8 Å². The van der Waals surface area contributed by atoms with E-state index in [1.807, 2.05) is 20.1 Å². The van der Waals surface area contributed by atoms with Crippen LogP contribution in [0.1, 0.15) is 27.7 Å². The molecule has 0 aromatic heterocycles. The zero-order valence-electron chi connectivity index (χ0n) is 7.39. The van der Waals surface area contributed by atoms with Crippen molar-refractivity contribution in [1.29, 1.82) is 0 Å². The van der Waals surface area contributed by atoms with Gasteiger partial charge in [0.25, 0.3) is 0 Å². The minimum absolute atomic E-state index is 0.654. The second-order valence-corrected chi connectivity index (χ2v) is 2.35. The predicted octanol–water partition coefficient (Wildman–Crippen LogP) is 2.68. The highest BCUT2D eigenvalue weighted by Crippen LogP contribution is 2.09. The van der Waals surface area contributed by atoms with Crippen molar-refractivity contribution in [2.24, 2.45) is 10.9 Å². The first-order valence-electron chi connectivity index (χ1n) is 4.00. The summed E-state index contributed by atoms with van der Waals surface area (Å²) in [5.41, 5.74) is 1.38. The van der Waals surface area contributed by atoms with Gasteiger partial charge in [-0.15, -0.1) is 0 Å². The molecule has 0 atom stereocenters. The van der Waals surface area contributed by atoms with Crippen LogP contribution in [0.15, 0.2) is 16.6 Å². The van der Waals surface area contributed by atoms with E-state index >= 15 is 0 Å². The fraction of sp³-hybridized carbons (Fsp3) is 0.667. The maximum absolute atomic E-state index is 4.07. The summed E-state index contributed by atoms with van der Waals surface area (Å²) < 4.78 is 0. The molecule has 0 spiro atoms. The fourth-order valence-corrected chi connectivity index (χ4v) is 0.754. The van der Waals surface area contributed by atoms with Gasteiger partial charge in [0.05, 0.1) is 6.54 Å². The molecule has 0 aliphatic carbocycles. The Morgan fingerprint density at radius 1 is 1.40 bits per heavy atom. The molecule has 1 nitrogen and oxygen atoms in total. The van der Waals surface area contributed by atoms with E-state index in [4.69, 9.17) is 0 Å². The molecule has 0 bridgehead atoms. The molecule has 10 heavy (non-hydrogen) atoms. The summed E-state index contributed by atoms with van der Waals surface area (Å²) in [5, 5.41) is 0. The number of rotatable bonds is 1. The van der Waals surface area contributed by atoms with Gasteiger partial charge in [-0.1, -0.05) is 33.8 Å². The minimum Gasteiger partial charge on any atom is -0.289 e. The molecule has 1 heteroatoms. The molecule has 58 valence electrons. The summed E-state index contributed by atoms with van der Waals surface area (Å²) in [7, 11) is 0. The molecule has 1 heterocycles. The van der Waals surface area contributed by atoms with Crippen LogP contribution in [0.5, 0.6) is 0 Å². The van der Waals surface area contributed by atoms with Crippen LogP contribution >= 0.6 is 0 Å². The number of aliphatic imine (C=N–C) groups is 1. The lowest BCUT2D eigenvalue weighted by Gasteiger charge is -1.98. The lowest BCUT2D eigenvalue weighted by Crippen LogP contribution is -1.90. The Balaban J connectivity index is 0.000000371. The van der Waals surface area contributed by atoms with Gasteiger partial charge in [0.2, 0.25) is 0 Å². The van der Waals surface area contributed by atoms with Crippen molar-refractivity contribution >= 4 is 6.21 Å². The molecule has 0 N–H and O–H groups in total. The van der Waals surface area contributed by atoms with Gasteiger partial charge in [0.1, 0.15) is 0 Å². The monoisotopic (exact) mass is 139 g/mol. The number of hydrogen-bond donors (Lipinski definition) is 0. The highest BCUT2D eigenvalue weighted by atomic mass is 14.7. The molecule has 0 aromatic rings. The van der Waals surface area contributed by atoms with E-state index in [1.54, 1.807) is 0 Å². The summed E-state index contributed by atoms with van der Waals surface area (Å²) in [5.74, 6) is 0.654. The highest BCUT2D eigenvalue weighted by Gasteiger charge is 2.01. The third kappa shape index (κ3) is 2.81. The normalized spacial score (nSPS) is 14.7. The van der Waals surface area contributed by atoms with Gasteiger partial charge < -0.3 is 0 Å². The zero-order valence-corrected chi connectivity index (χ0v) is 7.39. The lowest BCUT2D eigenvalue weighted by molar-refractivity contribution is 0.808. The molecule has 0 unspecified atom stereocenters. The maximum atomic E-state index is 4.07. The van der Waals surface area contributed by atoms with E-state index in [0.29, 0.717) is 5.92 Å². The smallest absolute Gasteiger partial charge is 0.0576 e. The van der Waals surface area contributed by atoms with E-state index in [2.05, 4.69) is 24.9 Å². The SMILES string of the molecule is CC.CC(C)C1=CCN=C1. The predicted molar refractivity (Wildman–Crippen MR) is 47.6 cm³/mol. The Morgan fingerprint density at radius 3 is 2.20 bits per heavy atom. The van der Waals surface area contributed by atoms with Crippen molar-refractivity contribution in [3.63, 3.8) is 0 Å². The quantitative estimate of drug-likeness (QED) is 0.529. The van der Waals surface area contributed by atoms with Crippen LogP contribution in [0.4, 0.5) is 0 Å². The second kappa shape index (κ2) is 5.21. The van der Waals surface area contributed by atoms with Gasteiger partial charge >= 0.3 is 0 Å². The van der Waals surface area contributed by atoms with Crippen LogP contribution in [0.25, 0.3) is 0 Å². The van der Waals surface area contributed by atoms with E-state index < -0.39 is 0 Å². The van der Waals surface area contributed by atoms with Crippen molar-refractivity contribution in [2.45, 2.75) is 27.7 Å². The maximum Gasteiger partial charge on any atom is 0.0576 e. The van der Waals surface area contributed by atoms with Crippen LogP contribution in [0.3, 0.4) is 0 Å². The third-order valence-electron chi connectivity index (χ3n) is 1.34. The van der Waals surface area contributed by atoms with Crippen LogP contribution in [0.2, 0.25) is 0 Å². The van der Waals surface area contributed by atoms with E-state index in [0.717, 1.165) is 6.54 Å². The molecule has 0 radical (unpaired) electrons. The Hall–Kier alpha value is -0.590. The summed E-state index contributed by atoms with van der Waals surface area (Å²) >= 11 is 0. The average Bonchev–Trinajstić information content (AvgIpc) is 2.42. The highest BCUT2D eigenvalue weighted by molar-refractivity contribution is 5.81. The van der Waals surface area contributed by atoms with Crippen molar-refractivity contribution < 1.29 is 0 Å². The third-order valence-corrected chi connectivity index (χ3v) is 1.34. The van der Waals surface area contributed by atoms with Gasteiger partial charge in [-0.05, 0) is 11.5 Å². The standard InChI is InChI=1S/C7H11N.C2H6/c1-6(2)7-3-4-8-5-7;1-2/h3,5-6H,4H2,1-2H3;1-2H3. The molecule has 1 aliphatic rings. The first-order chi connectivity index (χ1) is 4.80. The Kier molecular flexibility index (Phi) is 4.91. The Labute approximate surface area is 63.9 Å². The molecule has 0 amide bonds. The van der Waals surface area contributed by atoms with Crippen molar-refractivity contribution in [1.82, 2.24) is 0 Å². The molecule has 0 saturated carbocycles. The molecule has 1 aliphatic heterocycles. The summed E-state index contributed by atoms with van der Waals surface area (Å²) in [6.45, 7) is 9.26. The average molecular weight is 139 g/mol. The molecule has 0 fully saturated rings. The number of nitrogens with zero attached hydrogens (tertiary/aromatic N) is 1. The topological polar surface area (TPSA) is 12.4 Å². The number of hydrogen-bond acceptors (Lipinski definition) is 1. The lowest BCUT2D eigenvalue weighted by atomic mass is 10.1. The van der Waals surface area contributed by atoms with E-state index in [-0.39, 0.29) is 0 Å². The molecule has 0 aromatic carbocycles.